The number of azide groups is 1. The van der Waals surface area contributed by atoms with Gasteiger partial charge in [-0.3, -0.25) is 14.9 Å². The van der Waals surface area contributed by atoms with Crippen molar-refractivity contribution in [1.82, 2.24) is 0 Å². The molecule has 19 heavy (non-hydrogen) atoms. The van der Waals surface area contributed by atoms with E-state index >= 15 is 0 Å². The largest absolute Gasteiger partial charge is 0.390 e. The lowest BCUT2D eigenvalue weighted by Crippen LogP contribution is -2.21. The zero-order chi connectivity index (χ0) is 14.4. The van der Waals surface area contributed by atoms with Gasteiger partial charge in [0.15, 0.2) is 0 Å². The molecular weight excluding hydrogens is 256 g/mol. The van der Waals surface area contributed by atoms with Gasteiger partial charge in [-0.15, -0.1) is 0 Å². The number of carbonyl (C=O) groups is 1. The maximum absolute atomic E-state index is 10.7. The molecule has 1 rings (SSSR count). The van der Waals surface area contributed by atoms with Crippen molar-refractivity contribution in [3.63, 3.8) is 0 Å². The number of nitro benzene ring substituents is 1. The molecule has 1 aromatic rings. The van der Waals surface area contributed by atoms with Gasteiger partial charge in [-0.25, -0.2) is 0 Å². The Balaban J connectivity index is 3.10. The standard InChI is InChI=1S/C10H10N4O5/c11-13-12-4-9(16)10(17)7-1-6(5-15)2-8(3-7)14(18)19/h1-3,5,9-10,16-17H,4H2. The zero-order valence-corrected chi connectivity index (χ0v) is 9.58. The highest BCUT2D eigenvalue weighted by Crippen LogP contribution is 2.23. The van der Waals surface area contributed by atoms with E-state index < -0.39 is 23.7 Å². The van der Waals surface area contributed by atoms with Crippen molar-refractivity contribution in [3.8, 4) is 0 Å². The van der Waals surface area contributed by atoms with E-state index in [9.17, 15) is 25.1 Å². The van der Waals surface area contributed by atoms with Gasteiger partial charge >= 0.3 is 0 Å². The minimum atomic E-state index is -1.50. The maximum atomic E-state index is 10.7. The molecule has 0 fully saturated rings. The van der Waals surface area contributed by atoms with Crippen LogP contribution in [-0.4, -0.2) is 34.1 Å². The van der Waals surface area contributed by atoms with Gasteiger partial charge in [0.1, 0.15) is 12.4 Å². The van der Waals surface area contributed by atoms with E-state index in [-0.39, 0.29) is 16.8 Å². The molecule has 0 bridgehead atoms. The molecule has 0 aliphatic rings. The molecule has 0 heterocycles. The van der Waals surface area contributed by atoms with Crippen LogP contribution < -0.4 is 0 Å². The van der Waals surface area contributed by atoms with Crippen LogP contribution >= 0.6 is 0 Å². The van der Waals surface area contributed by atoms with Gasteiger partial charge < -0.3 is 10.2 Å². The maximum Gasteiger partial charge on any atom is 0.270 e. The average molecular weight is 266 g/mol. The molecule has 100 valence electrons. The van der Waals surface area contributed by atoms with Gasteiger partial charge in [0.25, 0.3) is 5.69 Å². The normalized spacial score (nSPS) is 13.2. The van der Waals surface area contributed by atoms with Crippen LogP contribution in [0.4, 0.5) is 5.69 Å². The fourth-order valence-corrected chi connectivity index (χ4v) is 1.45. The minimum absolute atomic E-state index is 0.000709. The highest BCUT2D eigenvalue weighted by atomic mass is 16.6. The van der Waals surface area contributed by atoms with Crippen LogP contribution in [0.3, 0.4) is 0 Å². The van der Waals surface area contributed by atoms with Gasteiger partial charge in [0.05, 0.1) is 17.6 Å². The van der Waals surface area contributed by atoms with Gasteiger partial charge in [0, 0.05) is 22.6 Å². The third-order valence-electron chi connectivity index (χ3n) is 2.35. The van der Waals surface area contributed by atoms with E-state index in [0.29, 0.717) is 6.29 Å². The Morgan fingerprint density at radius 1 is 1.47 bits per heavy atom. The summed E-state index contributed by atoms with van der Waals surface area (Å²) in [6, 6.07) is 3.30. The first-order valence-corrected chi connectivity index (χ1v) is 5.11. The lowest BCUT2D eigenvalue weighted by atomic mass is 10.0. The second-order valence-corrected chi connectivity index (χ2v) is 3.66. The van der Waals surface area contributed by atoms with Crippen LogP contribution in [0.2, 0.25) is 0 Å². The number of benzene rings is 1. The van der Waals surface area contributed by atoms with E-state index in [4.69, 9.17) is 5.53 Å². The Kier molecular flexibility index (Phi) is 4.95. The summed E-state index contributed by atoms with van der Waals surface area (Å²) in [6.45, 7) is -0.392. The van der Waals surface area contributed by atoms with Crippen molar-refractivity contribution in [3.05, 3.63) is 49.9 Å². The van der Waals surface area contributed by atoms with E-state index in [1.165, 1.54) is 6.07 Å². The summed E-state index contributed by atoms with van der Waals surface area (Å²) >= 11 is 0. The van der Waals surface area contributed by atoms with E-state index in [2.05, 4.69) is 10.0 Å². The zero-order valence-electron chi connectivity index (χ0n) is 9.58. The van der Waals surface area contributed by atoms with Gasteiger partial charge in [-0.1, -0.05) is 5.11 Å². The fraction of sp³-hybridized carbons (Fsp3) is 0.300. The summed E-state index contributed by atoms with van der Waals surface area (Å²) < 4.78 is 0. The summed E-state index contributed by atoms with van der Waals surface area (Å²) in [4.78, 5) is 23.0. The summed E-state index contributed by atoms with van der Waals surface area (Å²) in [7, 11) is 0. The number of hydrogen-bond donors (Lipinski definition) is 2. The molecule has 0 aliphatic heterocycles. The molecule has 0 saturated heterocycles. The number of non-ortho nitro benzene ring substituents is 1. The first kappa shape index (κ1) is 14.6. The predicted molar refractivity (Wildman–Crippen MR) is 63.5 cm³/mol. The summed E-state index contributed by atoms with van der Waals surface area (Å²) in [5, 5.41) is 33.0. The van der Waals surface area contributed by atoms with Crippen LogP contribution in [0.15, 0.2) is 23.3 Å². The van der Waals surface area contributed by atoms with Gasteiger partial charge in [0.2, 0.25) is 0 Å². The topological polar surface area (TPSA) is 149 Å². The van der Waals surface area contributed by atoms with Crippen LogP contribution in [0.5, 0.6) is 0 Å². The average Bonchev–Trinajstić information content (AvgIpc) is 2.43. The molecule has 1 aromatic carbocycles. The number of aldehydes is 1. The Hall–Kier alpha value is -2.48. The smallest absolute Gasteiger partial charge is 0.270 e. The molecule has 0 radical (unpaired) electrons. The van der Waals surface area contributed by atoms with E-state index in [1.54, 1.807) is 0 Å². The van der Waals surface area contributed by atoms with Crippen molar-refractivity contribution in [2.24, 2.45) is 5.11 Å². The number of rotatable bonds is 6. The number of nitro groups is 1. The second kappa shape index (κ2) is 6.45. The van der Waals surface area contributed by atoms with Crippen molar-refractivity contribution in [2.45, 2.75) is 12.2 Å². The van der Waals surface area contributed by atoms with Gasteiger partial charge in [-0.2, -0.15) is 0 Å². The van der Waals surface area contributed by atoms with Crippen LogP contribution in [-0.2, 0) is 0 Å². The Labute approximate surface area is 106 Å². The van der Waals surface area contributed by atoms with Crippen molar-refractivity contribution in [2.75, 3.05) is 6.54 Å². The third kappa shape index (κ3) is 3.75. The Morgan fingerprint density at radius 2 is 2.16 bits per heavy atom. The van der Waals surface area contributed by atoms with Gasteiger partial charge in [-0.05, 0) is 17.2 Å². The Morgan fingerprint density at radius 3 is 2.68 bits per heavy atom. The highest BCUT2D eigenvalue weighted by molar-refractivity contribution is 5.76. The van der Waals surface area contributed by atoms with Crippen molar-refractivity contribution < 1.29 is 19.9 Å². The highest BCUT2D eigenvalue weighted by Gasteiger charge is 2.21. The molecule has 9 heteroatoms. The number of carbonyl (C=O) groups excluding carboxylic acids is 1. The molecule has 2 atom stereocenters. The lowest BCUT2D eigenvalue weighted by Gasteiger charge is -2.16. The molecule has 0 saturated carbocycles. The molecule has 2 N–H and O–H groups in total. The number of hydrogen-bond acceptors (Lipinski definition) is 6. The van der Waals surface area contributed by atoms with Crippen molar-refractivity contribution >= 4 is 12.0 Å². The quantitative estimate of drug-likeness (QED) is 0.197. The molecular formula is C10H10N4O5. The third-order valence-corrected chi connectivity index (χ3v) is 2.35. The predicted octanol–water partition coefficient (Wildman–Crippen LogP) is 1.11. The Bertz CT molecular complexity index is 541. The molecule has 0 amide bonds. The van der Waals surface area contributed by atoms with Crippen LogP contribution in [0.1, 0.15) is 22.0 Å². The van der Waals surface area contributed by atoms with E-state index in [1.807, 2.05) is 0 Å². The first-order valence-electron chi connectivity index (χ1n) is 5.11. The summed E-state index contributed by atoms with van der Waals surface area (Å²) in [5.41, 5.74) is 7.71. The second-order valence-electron chi connectivity index (χ2n) is 3.66. The summed E-state index contributed by atoms with van der Waals surface area (Å²) in [5.74, 6) is 0. The number of aliphatic hydroxyl groups is 2. The molecule has 0 aromatic heterocycles. The summed E-state index contributed by atoms with van der Waals surface area (Å²) in [6.07, 6.45) is -2.52. The van der Waals surface area contributed by atoms with Crippen LogP contribution in [0.25, 0.3) is 10.4 Å². The first-order chi connectivity index (χ1) is 8.99. The molecule has 2 unspecified atom stereocenters. The number of nitrogens with zero attached hydrogens (tertiary/aromatic N) is 4. The SMILES string of the molecule is [N-]=[N+]=NCC(O)C(O)c1cc(C=O)cc([N+](=O)[O-])c1. The minimum Gasteiger partial charge on any atom is -0.390 e. The van der Waals surface area contributed by atoms with Crippen LogP contribution in [0, 0.1) is 10.1 Å². The monoisotopic (exact) mass is 266 g/mol. The molecule has 0 aliphatic carbocycles. The molecule has 0 spiro atoms. The van der Waals surface area contributed by atoms with Crippen molar-refractivity contribution in [1.29, 1.82) is 0 Å². The lowest BCUT2D eigenvalue weighted by molar-refractivity contribution is -0.385. The molecule has 9 nitrogen and oxygen atoms in total. The number of aliphatic hydroxyl groups excluding tert-OH is 2. The fourth-order valence-electron chi connectivity index (χ4n) is 1.45. The van der Waals surface area contributed by atoms with E-state index in [0.717, 1.165) is 12.1 Å².